The van der Waals surface area contributed by atoms with Crippen LogP contribution in [-0.2, 0) is 6.54 Å². The highest BCUT2D eigenvalue weighted by atomic mass is 16.3. The molecule has 21 heavy (non-hydrogen) atoms. The highest BCUT2D eigenvalue weighted by molar-refractivity contribution is 5.74. The van der Waals surface area contributed by atoms with Crippen LogP contribution in [0.2, 0.25) is 0 Å². The van der Waals surface area contributed by atoms with E-state index in [2.05, 4.69) is 20.5 Å². The van der Waals surface area contributed by atoms with E-state index in [-0.39, 0.29) is 18.7 Å². The second-order valence-corrected chi connectivity index (χ2v) is 5.46. The minimum Gasteiger partial charge on any atom is -0.396 e. The van der Waals surface area contributed by atoms with Gasteiger partial charge in [0.25, 0.3) is 0 Å². The highest BCUT2D eigenvalue weighted by Gasteiger charge is 2.13. The molecule has 2 heterocycles. The van der Waals surface area contributed by atoms with Gasteiger partial charge in [0.1, 0.15) is 5.82 Å². The summed E-state index contributed by atoms with van der Waals surface area (Å²) in [6.45, 7) is 4.53. The topological polar surface area (TPSA) is 77.5 Å². The van der Waals surface area contributed by atoms with Crippen LogP contribution in [0.3, 0.4) is 0 Å². The Hall–Kier alpha value is -1.82. The van der Waals surface area contributed by atoms with Crippen LogP contribution >= 0.6 is 0 Å². The quantitative estimate of drug-likeness (QED) is 0.737. The van der Waals surface area contributed by atoms with Crippen molar-refractivity contribution in [2.24, 2.45) is 0 Å². The van der Waals surface area contributed by atoms with E-state index >= 15 is 0 Å². The van der Waals surface area contributed by atoms with E-state index in [0.717, 1.165) is 24.5 Å². The molecule has 2 rings (SSSR count). The zero-order chi connectivity index (χ0) is 15.1. The van der Waals surface area contributed by atoms with Gasteiger partial charge >= 0.3 is 6.03 Å². The molecule has 0 aliphatic carbocycles. The summed E-state index contributed by atoms with van der Waals surface area (Å²) in [5.41, 5.74) is 1.04. The number of rotatable bonds is 6. The molecular formula is C15H24N4O2. The molecule has 0 radical (unpaired) electrons. The Morgan fingerprint density at radius 3 is 2.95 bits per heavy atom. The minimum atomic E-state index is -0.213. The largest absolute Gasteiger partial charge is 0.396 e. The summed E-state index contributed by atoms with van der Waals surface area (Å²) in [5.74, 6) is 0.987. The SMILES string of the molecule is C[C@H](CCO)NC(=O)NCc1ccnc(N2CCCC2)c1. The molecule has 1 aromatic rings. The standard InChI is InChI=1S/C15H24N4O2/c1-12(5-9-20)18-15(21)17-11-13-4-6-16-14(10-13)19-7-2-3-8-19/h4,6,10,12,20H,2-3,5,7-9,11H2,1H3,(H2,17,18,21)/t12-/m1/s1. The van der Waals surface area contributed by atoms with Gasteiger partial charge in [-0.15, -0.1) is 0 Å². The van der Waals surface area contributed by atoms with Crippen molar-refractivity contribution in [3.8, 4) is 0 Å². The van der Waals surface area contributed by atoms with Gasteiger partial charge in [-0.3, -0.25) is 0 Å². The maximum atomic E-state index is 11.7. The summed E-state index contributed by atoms with van der Waals surface area (Å²) >= 11 is 0. The molecule has 6 heteroatoms. The van der Waals surface area contributed by atoms with Crippen LogP contribution in [-0.4, -0.2) is 41.9 Å². The van der Waals surface area contributed by atoms with Gasteiger partial charge in [0.05, 0.1) is 0 Å². The number of nitrogens with zero attached hydrogens (tertiary/aromatic N) is 2. The van der Waals surface area contributed by atoms with E-state index in [1.807, 2.05) is 19.1 Å². The summed E-state index contributed by atoms with van der Waals surface area (Å²) in [5, 5.41) is 14.4. The van der Waals surface area contributed by atoms with Gasteiger partial charge in [0, 0.05) is 38.5 Å². The lowest BCUT2D eigenvalue weighted by Gasteiger charge is -2.17. The second kappa shape index (κ2) is 7.83. The number of aliphatic hydroxyl groups is 1. The first kappa shape index (κ1) is 15.6. The zero-order valence-electron chi connectivity index (χ0n) is 12.5. The van der Waals surface area contributed by atoms with Crippen LogP contribution in [0.5, 0.6) is 0 Å². The van der Waals surface area contributed by atoms with Gasteiger partial charge in [-0.05, 0) is 43.9 Å². The Kier molecular flexibility index (Phi) is 5.80. The monoisotopic (exact) mass is 292 g/mol. The smallest absolute Gasteiger partial charge is 0.315 e. The van der Waals surface area contributed by atoms with Gasteiger partial charge < -0.3 is 20.6 Å². The Labute approximate surface area is 125 Å². The van der Waals surface area contributed by atoms with E-state index in [1.165, 1.54) is 12.8 Å². The molecule has 116 valence electrons. The van der Waals surface area contributed by atoms with E-state index in [0.29, 0.717) is 13.0 Å². The Morgan fingerprint density at radius 2 is 2.24 bits per heavy atom. The van der Waals surface area contributed by atoms with E-state index < -0.39 is 0 Å². The summed E-state index contributed by atoms with van der Waals surface area (Å²) in [6, 6.07) is 3.70. The molecule has 0 spiro atoms. The lowest BCUT2D eigenvalue weighted by atomic mass is 10.2. The number of carbonyl (C=O) groups is 1. The van der Waals surface area contributed by atoms with Gasteiger partial charge in [-0.25, -0.2) is 9.78 Å². The molecule has 1 aliphatic rings. The van der Waals surface area contributed by atoms with Gasteiger partial charge in [0.2, 0.25) is 0 Å². The van der Waals surface area contributed by atoms with Crippen molar-refractivity contribution < 1.29 is 9.90 Å². The average Bonchev–Trinajstić information content (AvgIpc) is 3.00. The fraction of sp³-hybridized carbons (Fsp3) is 0.600. The molecule has 1 saturated heterocycles. The predicted molar refractivity (Wildman–Crippen MR) is 82.2 cm³/mol. The number of pyridine rings is 1. The van der Waals surface area contributed by atoms with Crippen LogP contribution in [0.1, 0.15) is 31.7 Å². The summed E-state index contributed by atoms with van der Waals surface area (Å²) < 4.78 is 0. The van der Waals surface area contributed by atoms with Crippen LogP contribution in [0.25, 0.3) is 0 Å². The Bertz CT molecular complexity index is 461. The number of aromatic nitrogens is 1. The van der Waals surface area contributed by atoms with Crippen molar-refractivity contribution in [3.05, 3.63) is 23.9 Å². The van der Waals surface area contributed by atoms with E-state index in [4.69, 9.17) is 5.11 Å². The van der Waals surface area contributed by atoms with E-state index in [1.54, 1.807) is 6.20 Å². The molecular weight excluding hydrogens is 268 g/mol. The molecule has 3 N–H and O–H groups in total. The molecule has 0 saturated carbocycles. The predicted octanol–water partition coefficient (Wildman–Crippen LogP) is 1.25. The lowest BCUT2D eigenvalue weighted by molar-refractivity contribution is 0.230. The van der Waals surface area contributed by atoms with Gasteiger partial charge in [-0.1, -0.05) is 0 Å². The number of anilines is 1. The Balaban J connectivity index is 1.82. The number of hydrogen-bond acceptors (Lipinski definition) is 4. The molecule has 1 atom stereocenters. The van der Waals surface area contributed by atoms with Crippen LogP contribution in [0.15, 0.2) is 18.3 Å². The number of hydrogen-bond donors (Lipinski definition) is 3. The van der Waals surface area contributed by atoms with E-state index in [9.17, 15) is 4.79 Å². The molecule has 2 amide bonds. The number of urea groups is 1. The number of amides is 2. The molecule has 0 bridgehead atoms. The third-order valence-electron chi connectivity index (χ3n) is 3.63. The number of nitrogens with one attached hydrogen (secondary N) is 2. The number of aliphatic hydroxyl groups excluding tert-OH is 1. The first-order valence-electron chi connectivity index (χ1n) is 7.54. The van der Waals surface area contributed by atoms with Crippen molar-refractivity contribution >= 4 is 11.8 Å². The molecule has 0 unspecified atom stereocenters. The second-order valence-electron chi connectivity index (χ2n) is 5.46. The fourth-order valence-electron chi connectivity index (χ4n) is 2.41. The third kappa shape index (κ3) is 4.90. The van der Waals surface area contributed by atoms with Crippen molar-refractivity contribution in [1.29, 1.82) is 0 Å². The summed E-state index contributed by atoms with van der Waals surface area (Å²) in [7, 11) is 0. The molecule has 6 nitrogen and oxygen atoms in total. The maximum Gasteiger partial charge on any atom is 0.315 e. The molecule has 1 aromatic heterocycles. The minimum absolute atomic E-state index is 0.0346. The van der Waals surface area contributed by atoms with Crippen molar-refractivity contribution in [3.63, 3.8) is 0 Å². The van der Waals surface area contributed by atoms with Crippen molar-refractivity contribution in [2.75, 3.05) is 24.6 Å². The summed E-state index contributed by atoms with van der Waals surface area (Å²) in [6.07, 6.45) is 4.78. The normalized spacial score (nSPS) is 15.8. The lowest BCUT2D eigenvalue weighted by Crippen LogP contribution is -2.40. The number of carbonyl (C=O) groups excluding carboxylic acids is 1. The van der Waals surface area contributed by atoms with Crippen molar-refractivity contribution in [1.82, 2.24) is 15.6 Å². The van der Waals surface area contributed by atoms with Gasteiger partial charge in [-0.2, -0.15) is 0 Å². The first-order valence-corrected chi connectivity index (χ1v) is 7.54. The zero-order valence-corrected chi connectivity index (χ0v) is 12.5. The average molecular weight is 292 g/mol. The maximum absolute atomic E-state index is 11.7. The van der Waals surface area contributed by atoms with Gasteiger partial charge in [0.15, 0.2) is 0 Å². The highest BCUT2D eigenvalue weighted by Crippen LogP contribution is 2.18. The van der Waals surface area contributed by atoms with Crippen molar-refractivity contribution in [2.45, 2.75) is 38.8 Å². The molecule has 1 aliphatic heterocycles. The fourth-order valence-corrected chi connectivity index (χ4v) is 2.41. The van der Waals surface area contributed by atoms with Crippen LogP contribution in [0.4, 0.5) is 10.6 Å². The molecule has 0 aromatic carbocycles. The van der Waals surface area contributed by atoms with Crippen LogP contribution in [0, 0.1) is 0 Å². The summed E-state index contributed by atoms with van der Waals surface area (Å²) in [4.78, 5) is 18.4. The first-order chi connectivity index (χ1) is 10.2. The third-order valence-corrected chi connectivity index (χ3v) is 3.63. The van der Waals surface area contributed by atoms with Crippen LogP contribution < -0.4 is 15.5 Å². The molecule has 1 fully saturated rings. The Morgan fingerprint density at radius 1 is 1.48 bits per heavy atom.